The summed E-state index contributed by atoms with van der Waals surface area (Å²) < 4.78 is 17.4. The predicted octanol–water partition coefficient (Wildman–Crippen LogP) is 6.39. The Hall–Kier alpha value is -3.59. The molecular weight excluding hydrogens is 582 g/mol. The van der Waals surface area contributed by atoms with Crippen LogP contribution in [0.25, 0.3) is 0 Å². The van der Waals surface area contributed by atoms with Gasteiger partial charge in [-0.05, 0) is 70.9 Å². The van der Waals surface area contributed by atoms with Crippen LogP contribution in [-0.4, -0.2) is 80.3 Å². The lowest BCUT2D eigenvalue weighted by atomic mass is 9.69. The molecule has 9 heteroatoms. The standard InChI is InChI=1S/C37H53N3O6/c1-26(2)18-20-39(6)34(42)28-22-27(23-40(24-28)35(43)46-36(3,4)5)33(41)38-25-37(19-12-13-21-44-7)29-14-8-10-16-31(29)45-32-17-11-9-15-30(32)37/h8-11,14-17,26-28H,12-13,18-25H2,1-7H3,(H,38,41). The number of unbranched alkanes of at least 4 members (excludes halogenated alkanes) is 1. The third-order valence-electron chi connectivity index (χ3n) is 9.03. The van der Waals surface area contributed by atoms with Gasteiger partial charge in [-0.1, -0.05) is 50.2 Å². The van der Waals surface area contributed by atoms with Gasteiger partial charge in [0.15, 0.2) is 0 Å². The first-order valence-corrected chi connectivity index (χ1v) is 16.7. The van der Waals surface area contributed by atoms with E-state index in [-0.39, 0.29) is 24.9 Å². The molecule has 2 heterocycles. The lowest BCUT2D eigenvalue weighted by Crippen LogP contribution is -2.54. The molecule has 2 aliphatic rings. The molecule has 0 radical (unpaired) electrons. The van der Waals surface area contributed by atoms with Crippen molar-refractivity contribution >= 4 is 17.9 Å². The van der Waals surface area contributed by atoms with Crippen LogP contribution in [-0.2, 0) is 24.5 Å². The summed E-state index contributed by atoms with van der Waals surface area (Å²) in [7, 11) is 3.51. The van der Waals surface area contributed by atoms with Gasteiger partial charge in [-0.15, -0.1) is 0 Å². The number of benzene rings is 2. The summed E-state index contributed by atoms with van der Waals surface area (Å²) in [6.07, 6.45) is 3.31. The number of ether oxygens (including phenoxy) is 3. The number of amides is 3. The first-order chi connectivity index (χ1) is 21.8. The highest BCUT2D eigenvalue weighted by Crippen LogP contribution is 2.50. The number of para-hydroxylation sites is 2. The van der Waals surface area contributed by atoms with Crippen molar-refractivity contribution in [2.24, 2.45) is 17.8 Å². The fourth-order valence-electron chi connectivity index (χ4n) is 6.59. The Morgan fingerprint density at radius 1 is 1.00 bits per heavy atom. The Morgan fingerprint density at radius 2 is 1.61 bits per heavy atom. The van der Waals surface area contributed by atoms with Gasteiger partial charge in [0.25, 0.3) is 0 Å². The summed E-state index contributed by atoms with van der Waals surface area (Å²) >= 11 is 0. The molecule has 4 rings (SSSR count). The van der Waals surface area contributed by atoms with E-state index in [1.165, 1.54) is 4.90 Å². The molecule has 2 aliphatic heterocycles. The van der Waals surface area contributed by atoms with Crippen molar-refractivity contribution in [2.45, 2.75) is 77.7 Å². The number of fused-ring (bicyclic) bond motifs is 2. The van der Waals surface area contributed by atoms with Crippen LogP contribution in [0.5, 0.6) is 11.5 Å². The van der Waals surface area contributed by atoms with Crippen LogP contribution in [0, 0.1) is 17.8 Å². The molecule has 1 N–H and O–H groups in total. The Kier molecular flexibility index (Phi) is 11.8. The summed E-state index contributed by atoms with van der Waals surface area (Å²) in [4.78, 5) is 44.3. The Balaban J connectivity index is 1.60. The molecule has 0 spiro atoms. The van der Waals surface area contributed by atoms with Crippen molar-refractivity contribution in [1.82, 2.24) is 15.1 Å². The molecule has 2 atom stereocenters. The molecule has 0 aromatic heterocycles. The molecule has 0 bridgehead atoms. The average molecular weight is 636 g/mol. The summed E-state index contributed by atoms with van der Waals surface area (Å²) in [6, 6.07) is 16.1. The zero-order valence-corrected chi connectivity index (χ0v) is 28.8. The maximum absolute atomic E-state index is 14.1. The summed E-state index contributed by atoms with van der Waals surface area (Å²) in [5.74, 6) is 0.742. The van der Waals surface area contributed by atoms with E-state index in [2.05, 4.69) is 31.3 Å². The van der Waals surface area contributed by atoms with Crippen molar-refractivity contribution < 1.29 is 28.6 Å². The molecule has 2 aromatic carbocycles. The molecule has 46 heavy (non-hydrogen) atoms. The summed E-state index contributed by atoms with van der Waals surface area (Å²) in [6.45, 7) is 11.8. The Labute approximate surface area is 274 Å². The summed E-state index contributed by atoms with van der Waals surface area (Å²) in [5, 5.41) is 3.29. The lowest BCUT2D eigenvalue weighted by Gasteiger charge is -2.42. The second kappa shape index (κ2) is 15.3. The van der Waals surface area contributed by atoms with Gasteiger partial charge >= 0.3 is 6.09 Å². The highest BCUT2D eigenvalue weighted by molar-refractivity contribution is 5.84. The smallest absolute Gasteiger partial charge is 0.410 e. The second-order valence-corrected chi connectivity index (χ2v) is 14.3. The van der Waals surface area contributed by atoms with Gasteiger partial charge in [0.2, 0.25) is 11.8 Å². The normalized spacial score (nSPS) is 18.7. The van der Waals surface area contributed by atoms with E-state index < -0.39 is 28.9 Å². The number of carbonyl (C=O) groups is 3. The molecular formula is C37H53N3O6. The molecule has 3 amide bonds. The van der Waals surface area contributed by atoms with E-state index in [0.717, 1.165) is 48.3 Å². The van der Waals surface area contributed by atoms with E-state index in [1.54, 1.807) is 19.1 Å². The number of hydrogen-bond acceptors (Lipinski definition) is 6. The molecule has 0 saturated carbocycles. The topological polar surface area (TPSA) is 97.4 Å². The Morgan fingerprint density at radius 3 is 2.20 bits per heavy atom. The van der Waals surface area contributed by atoms with E-state index in [1.807, 2.05) is 57.2 Å². The van der Waals surface area contributed by atoms with Gasteiger partial charge in [0, 0.05) is 63.5 Å². The monoisotopic (exact) mass is 635 g/mol. The zero-order valence-electron chi connectivity index (χ0n) is 28.8. The highest BCUT2D eigenvalue weighted by Gasteiger charge is 2.44. The van der Waals surface area contributed by atoms with Gasteiger partial charge in [-0.3, -0.25) is 9.59 Å². The highest BCUT2D eigenvalue weighted by atomic mass is 16.6. The molecule has 1 fully saturated rings. The fraction of sp³-hybridized carbons (Fsp3) is 0.595. The van der Waals surface area contributed by atoms with E-state index >= 15 is 0 Å². The number of carbonyl (C=O) groups excluding carboxylic acids is 3. The van der Waals surface area contributed by atoms with E-state index in [9.17, 15) is 14.4 Å². The third kappa shape index (κ3) is 8.60. The van der Waals surface area contributed by atoms with Crippen molar-refractivity contribution in [3.8, 4) is 11.5 Å². The van der Waals surface area contributed by atoms with Crippen LogP contribution in [0.15, 0.2) is 48.5 Å². The van der Waals surface area contributed by atoms with Crippen LogP contribution >= 0.6 is 0 Å². The van der Waals surface area contributed by atoms with Crippen molar-refractivity contribution in [3.05, 3.63) is 59.7 Å². The van der Waals surface area contributed by atoms with Crippen molar-refractivity contribution in [1.29, 1.82) is 0 Å². The van der Waals surface area contributed by atoms with Crippen molar-refractivity contribution in [2.75, 3.05) is 46.9 Å². The molecule has 2 aromatic rings. The zero-order chi connectivity index (χ0) is 33.5. The number of rotatable bonds is 12. The second-order valence-electron chi connectivity index (χ2n) is 14.3. The lowest BCUT2D eigenvalue weighted by molar-refractivity contribution is -0.138. The van der Waals surface area contributed by atoms with Crippen LogP contribution in [0.1, 0.15) is 77.8 Å². The quantitative estimate of drug-likeness (QED) is 0.272. The molecule has 2 unspecified atom stereocenters. The molecule has 252 valence electrons. The van der Waals surface area contributed by atoms with Gasteiger partial charge in [-0.25, -0.2) is 4.79 Å². The average Bonchev–Trinajstić information content (AvgIpc) is 3.02. The SMILES string of the molecule is COCCCCC1(CNC(=O)C2CC(C(=O)N(C)CCC(C)C)CN(C(=O)OC(C)(C)C)C2)c2ccccc2Oc2ccccc21. The van der Waals surface area contributed by atoms with E-state index in [4.69, 9.17) is 14.2 Å². The van der Waals surface area contributed by atoms with Crippen LogP contribution in [0.2, 0.25) is 0 Å². The molecule has 1 saturated heterocycles. The maximum atomic E-state index is 14.1. The predicted molar refractivity (Wildman–Crippen MR) is 179 cm³/mol. The number of nitrogens with zero attached hydrogens (tertiary/aromatic N) is 2. The molecule has 9 nitrogen and oxygen atoms in total. The minimum absolute atomic E-state index is 0.0476. The third-order valence-corrected chi connectivity index (χ3v) is 9.03. The number of likely N-dealkylation sites (tertiary alicyclic amines) is 1. The minimum Gasteiger partial charge on any atom is -0.457 e. The number of hydrogen-bond donors (Lipinski definition) is 1. The number of methoxy groups -OCH3 is 1. The largest absolute Gasteiger partial charge is 0.457 e. The molecule has 0 aliphatic carbocycles. The number of nitrogens with one attached hydrogen (secondary N) is 1. The van der Waals surface area contributed by atoms with Crippen LogP contribution in [0.3, 0.4) is 0 Å². The minimum atomic E-state index is -0.696. The van der Waals surface area contributed by atoms with Gasteiger partial charge in [-0.2, -0.15) is 0 Å². The fourth-order valence-corrected chi connectivity index (χ4v) is 6.59. The van der Waals surface area contributed by atoms with Gasteiger partial charge in [0.05, 0.1) is 11.8 Å². The summed E-state index contributed by atoms with van der Waals surface area (Å²) in [5.41, 5.74) is 0.843. The Bertz CT molecular complexity index is 1310. The first-order valence-electron chi connectivity index (χ1n) is 16.7. The van der Waals surface area contributed by atoms with Crippen molar-refractivity contribution in [3.63, 3.8) is 0 Å². The van der Waals surface area contributed by atoms with Gasteiger partial charge in [0.1, 0.15) is 17.1 Å². The first kappa shape index (κ1) is 35.3. The van der Waals surface area contributed by atoms with Gasteiger partial charge < -0.3 is 29.3 Å². The van der Waals surface area contributed by atoms with Crippen LogP contribution in [0.4, 0.5) is 4.79 Å². The maximum Gasteiger partial charge on any atom is 0.410 e. The van der Waals surface area contributed by atoms with Crippen LogP contribution < -0.4 is 10.1 Å². The van der Waals surface area contributed by atoms with E-state index in [0.29, 0.717) is 32.0 Å². The number of piperidine rings is 1.